The predicted molar refractivity (Wildman–Crippen MR) is 87.0 cm³/mol. The number of nitrogens with one attached hydrogen (secondary N) is 1. The van der Waals surface area contributed by atoms with Gasteiger partial charge in [0.05, 0.1) is 0 Å². The van der Waals surface area contributed by atoms with Gasteiger partial charge in [0.15, 0.2) is 0 Å². The third kappa shape index (κ3) is 4.92. The molecular formula is C18H30N2. The maximum atomic E-state index is 3.72. The molecule has 0 aliphatic carbocycles. The molecule has 1 aliphatic rings. The average Bonchev–Trinajstić information content (AvgIpc) is 2.46. The van der Waals surface area contributed by atoms with E-state index in [1.807, 2.05) is 0 Å². The molecule has 0 unspecified atom stereocenters. The Hall–Kier alpha value is -0.860. The van der Waals surface area contributed by atoms with E-state index in [0.717, 1.165) is 18.9 Å². The van der Waals surface area contributed by atoms with Crippen LogP contribution in [0.1, 0.15) is 44.7 Å². The summed E-state index contributed by atoms with van der Waals surface area (Å²) in [6.07, 6.45) is 3.71. The van der Waals surface area contributed by atoms with Crippen molar-refractivity contribution in [3.8, 4) is 0 Å². The second-order valence-corrected chi connectivity index (χ2v) is 6.52. The van der Waals surface area contributed by atoms with Crippen LogP contribution in [0, 0.1) is 5.92 Å². The number of aryl methyl sites for hydroxylation is 1. The maximum absolute atomic E-state index is 3.72. The molecule has 112 valence electrons. The van der Waals surface area contributed by atoms with Crippen molar-refractivity contribution < 1.29 is 0 Å². The van der Waals surface area contributed by atoms with Gasteiger partial charge in [0, 0.05) is 19.1 Å². The predicted octanol–water partition coefficient (Wildman–Crippen LogP) is 3.46. The third-order valence-electron chi connectivity index (χ3n) is 4.24. The highest BCUT2D eigenvalue weighted by molar-refractivity contribution is 5.22. The van der Waals surface area contributed by atoms with E-state index in [0.29, 0.717) is 6.04 Å². The zero-order chi connectivity index (χ0) is 14.4. The van der Waals surface area contributed by atoms with Crippen molar-refractivity contribution in [3.63, 3.8) is 0 Å². The molecule has 1 fully saturated rings. The number of rotatable bonds is 6. The molecular weight excluding hydrogens is 244 g/mol. The first-order valence-corrected chi connectivity index (χ1v) is 8.21. The van der Waals surface area contributed by atoms with Gasteiger partial charge in [-0.05, 0) is 49.4 Å². The van der Waals surface area contributed by atoms with Crippen LogP contribution in [0.4, 0.5) is 0 Å². The van der Waals surface area contributed by atoms with E-state index in [9.17, 15) is 0 Å². The van der Waals surface area contributed by atoms with E-state index in [1.54, 1.807) is 0 Å². The molecule has 1 aromatic rings. The number of nitrogens with zero attached hydrogens (tertiary/aromatic N) is 1. The largest absolute Gasteiger partial charge is 0.310 e. The van der Waals surface area contributed by atoms with Crippen LogP contribution in [0.2, 0.25) is 0 Å². The van der Waals surface area contributed by atoms with Crippen LogP contribution in [0.15, 0.2) is 24.3 Å². The number of hydrogen-bond donors (Lipinski definition) is 1. The summed E-state index contributed by atoms with van der Waals surface area (Å²) in [4.78, 5) is 2.61. The van der Waals surface area contributed by atoms with Crippen LogP contribution in [0.5, 0.6) is 0 Å². The molecule has 0 aromatic heterocycles. The summed E-state index contributed by atoms with van der Waals surface area (Å²) in [6, 6.07) is 9.73. The highest BCUT2D eigenvalue weighted by atomic mass is 15.1. The van der Waals surface area contributed by atoms with Gasteiger partial charge in [-0.25, -0.2) is 0 Å². The Kier molecular flexibility index (Phi) is 6.06. The van der Waals surface area contributed by atoms with Crippen molar-refractivity contribution in [2.24, 2.45) is 5.92 Å². The Morgan fingerprint density at radius 1 is 1.10 bits per heavy atom. The van der Waals surface area contributed by atoms with Crippen molar-refractivity contribution in [3.05, 3.63) is 35.4 Å². The van der Waals surface area contributed by atoms with Crippen LogP contribution in [-0.4, -0.2) is 30.6 Å². The Bertz CT molecular complexity index is 375. The quantitative estimate of drug-likeness (QED) is 0.854. The minimum atomic E-state index is 0.698. The van der Waals surface area contributed by atoms with Crippen LogP contribution < -0.4 is 5.32 Å². The van der Waals surface area contributed by atoms with Crippen LogP contribution in [0.25, 0.3) is 0 Å². The zero-order valence-corrected chi connectivity index (χ0v) is 13.4. The summed E-state index contributed by atoms with van der Waals surface area (Å²) in [5, 5.41) is 3.72. The van der Waals surface area contributed by atoms with Gasteiger partial charge in [0.2, 0.25) is 0 Å². The van der Waals surface area contributed by atoms with Gasteiger partial charge in [0.1, 0.15) is 0 Å². The highest BCUT2D eigenvalue weighted by Gasteiger charge is 2.18. The van der Waals surface area contributed by atoms with E-state index in [4.69, 9.17) is 0 Å². The van der Waals surface area contributed by atoms with Crippen molar-refractivity contribution in [2.75, 3.05) is 19.6 Å². The van der Waals surface area contributed by atoms with Crippen LogP contribution >= 0.6 is 0 Å². The summed E-state index contributed by atoms with van der Waals surface area (Å²) in [6.45, 7) is 11.6. The molecule has 0 atom stereocenters. The fourth-order valence-electron chi connectivity index (χ4n) is 2.99. The Balaban J connectivity index is 1.70. The molecule has 1 N–H and O–H groups in total. The minimum Gasteiger partial charge on any atom is -0.310 e. The van der Waals surface area contributed by atoms with Gasteiger partial charge in [-0.2, -0.15) is 0 Å². The SMILES string of the molecule is CCc1ccc(CNC2CCN(CC(C)C)CC2)cc1. The lowest BCUT2D eigenvalue weighted by atomic mass is 10.0. The number of piperidine rings is 1. The van der Waals surface area contributed by atoms with Gasteiger partial charge in [-0.3, -0.25) is 0 Å². The molecule has 0 amide bonds. The first-order valence-electron chi connectivity index (χ1n) is 8.21. The molecule has 0 saturated carbocycles. The topological polar surface area (TPSA) is 15.3 Å². The Morgan fingerprint density at radius 2 is 1.70 bits per heavy atom. The van der Waals surface area contributed by atoms with E-state index < -0.39 is 0 Å². The summed E-state index contributed by atoms with van der Waals surface area (Å²) < 4.78 is 0. The van der Waals surface area contributed by atoms with Crippen molar-refractivity contribution in [1.82, 2.24) is 10.2 Å². The lowest BCUT2D eigenvalue weighted by molar-refractivity contribution is 0.179. The smallest absolute Gasteiger partial charge is 0.0208 e. The van der Waals surface area contributed by atoms with Gasteiger partial charge in [-0.1, -0.05) is 45.0 Å². The number of hydrogen-bond acceptors (Lipinski definition) is 2. The van der Waals surface area contributed by atoms with Gasteiger partial charge in [-0.15, -0.1) is 0 Å². The van der Waals surface area contributed by atoms with E-state index >= 15 is 0 Å². The molecule has 0 spiro atoms. The lowest BCUT2D eigenvalue weighted by Crippen LogP contribution is -2.43. The molecule has 0 bridgehead atoms. The van der Waals surface area contributed by atoms with E-state index in [2.05, 4.69) is 55.3 Å². The van der Waals surface area contributed by atoms with Crippen LogP contribution in [0.3, 0.4) is 0 Å². The summed E-state index contributed by atoms with van der Waals surface area (Å²) in [5.74, 6) is 0.789. The van der Waals surface area contributed by atoms with Gasteiger partial charge >= 0.3 is 0 Å². The molecule has 1 heterocycles. The standard InChI is InChI=1S/C18H30N2/c1-4-16-5-7-17(8-6-16)13-19-18-9-11-20(12-10-18)14-15(2)3/h5-8,15,18-19H,4,9-14H2,1-3H3. The van der Waals surface area contributed by atoms with Crippen molar-refractivity contribution >= 4 is 0 Å². The van der Waals surface area contributed by atoms with Gasteiger partial charge in [0.25, 0.3) is 0 Å². The summed E-state index contributed by atoms with van der Waals surface area (Å²) >= 11 is 0. The Morgan fingerprint density at radius 3 is 2.25 bits per heavy atom. The Labute approximate surface area is 124 Å². The zero-order valence-electron chi connectivity index (χ0n) is 13.4. The van der Waals surface area contributed by atoms with E-state index in [1.165, 1.54) is 43.6 Å². The first kappa shape index (κ1) is 15.5. The molecule has 2 nitrogen and oxygen atoms in total. The van der Waals surface area contributed by atoms with Crippen molar-refractivity contribution in [1.29, 1.82) is 0 Å². The van der Waals surface area contributed by atoms with Gasteiger partial charge < -0.3 is 10.2 Å². The van der Waals surface area contributed by atoms with Crippen LogP contribution in [-0.2, 0) is 13.0 Å². The first-order chi connectivity index (χ1) is 9.67. The molecule has 1 aromatic carbocycles. The fourth-order valence-corrected chi connectivity index (χ4v) is 2.99. The monoisotopic (exact) mass is 274 g/mol. The molecule has 2 heteroatoms. The molecule has 0 radical (unpaired) electrons. The molecule has 2 rings (SSSR count). The summed E-state index contributed by atoms with van der Waals surface area (Å²) in [7, 11) is 0. The minimum absolute atomic E-state index is 0.698. The second kappa shape index (κ2) is 7.80. The fraction of sp³-hybridized carbons (Fsp3) is 0.667. The molecule has 1 aliphatic heterocycles. The number of benzene rings is 1. The maximum Gasteiger partial charge on any atom is 0.0208 e. The molecule has 1 saturated heterocycles. The lowest BCUT2D eigenvalue weighted by Gasteiger charge is -2.33. The number of likely N-dealkylation sites (tertiary alicyclic amines) is 1. The molecule has 20 heavy (non-hydrogen) atoms. The normalized spacial score (nSPS) is 17.8. The third-order valence-corrected chi connectivity index (χ3v) is 4.24. The highest BCUT2D eigenvalue weighted by Crippen LogP contribution is 2.13. The van der Waals surface area contributed by atoms with Crippen molar-refractivity contribution in [2.45, 2.75) is 52.6 Å². The average molecular weight is 274 g/mol. The van der Waals surface area contributed by atoms with E-state index in [-0.39, 0.29) is 0 Å². The summed E-state index contributed by atoms with van der Waals surface area (Å²) in [5.41, 5.74) is 2.84. The second-order valence-electron chi connectivity index (χ2n) is 6.52.